The Morgan fingerprint density at radius 1 is 1.46 bits per heavy atom. The summed E-state index contributed by atoms with van der Waals surface area (Å²) in [5.74, 6) is -0.384. The number of carboxylic acid groups (broad SMARTS) is 1. The second-order valence-corrected chi connectivity index (χ2v) is 8.27. The fraction of sp³-hybridized carbons (Fsp3) is 0.273. The van der Waals surface area contributed by atoms with Crippen LogP contribution in [0.2, 0.25) is 0 Å². The van der Waals surface area contributed by atoms with Crippen LogP contribution in [0.3, 0.4) is 0 Å². The molecule has 3 N–H and O–H groups in total. The van der Waals surface area contributed by atoms with E-state index in [4.69, 9.17) is 14.6 Å². The van der Waals surface area contributed by atoms with Crippen LogP contribution in [-0.4, -0.2) is 66.3 Å². The Morgan fingerprint density at radius 2 is 2.29 bits per heavy atom. The van der Waals surface area contributed by atoms with E-state index in [0.29, 0.717) is 35.1 Å². The van der Waals surface area contributed by atoms with Gasteiger partial charge in [0.1, 0.15) is 22.6 Å². The number of aromatic nitrogens is 6. The second-order valence-electron chi connectivity index (χ2n) is 7.41. The van der Waals surface area contributed by atoms with Gasteiger partial charge in [0.25, 0.3) is 12.4 Å². The van der Waals surface area contributed by atoms with Crippen LogP contribution < -0.4 is 5.32 Å². The van der Waals surface area contributed by atoms with Crippen LogP contribution in [-0.2, 0) is 9.53 Å². The van der Waals surface area contributed by atoms with Gasteiger partial charge in [-0.05, 0) is 19.1 Å². The lowest BCUT2D eigenvalue weighted by Crippen LogP contribution is -2.46. The minimum absolute atomic E-state index is 0.250. The minimum atomic E-state index is -1.16. The van der Waals surface area contributed by atoms with Gasteiger partial charge in [-0.15, -0.1) is 11.3 Å². The molecule has 11 nitrogen and oxygen atoms in total. The summed E-state index contributed by atoms with van der Waals surface area (Å²) in [4.78, 5) is 30.0. The molecule has 35 heavy (non-hydrogen) atoms. The third-order valence-corrected chi connectivity index (χ3v) is 6.18. The number of thiazole rings is 1. The highest BCUT2D eigenvalue weighted by atomic mass is 32.1. The molecule has 1 fully saturated rings. The van der Waals surface area contributed by atoms with Crippen LogP contribution in [0.4, 0.5) is 10.1 Å². The molecule has 1 amide bonds. The molecule has 4 heterocycles. The van der Waals surface area contributed by atoms with Crippen LogP contribution in [0.15, 0.2) is 48.4 Å². The number of ether oxygens (including phenoxy) is 1. The molecule has 0 spiro atoms. The third kappa shape index (κ3) is 5.25. The van der Waals surface area contributed by atoms with Gasteiger partial charge in [-0.1, -0.05) is 6.07 Å². The first-order valence-electron chi connectivity index (χ1n) is 10.7. The summed E-state index contributed by atoms with van der Waals surface area (Å²) in [5.41, 5.74) is 2.57. The highest BCUT2D eigenvalue weighted by Gasteiger charge is 2.44. The van der Waals surface area contributed by atoms with Gasteiger partial charge in [-0.25, -0.2) is 9.37 Å². The Balaban J connectivity index is 0.000000917. The van der Waals surface area contributed by atoms with E-state index in [9.17, 15) is 9.18 Å². The van der Waals surface area contributed by atoms with Crippen molar-refractivity contribution in [3.8, 4) is 22.0 Å². The number of nitrogens with zero attached hydrogens (tertiary/aromatic N) is 5. The summed E-state index contributed by atoms with van der Waals surface area (Å²) in [5, 5.41) is 23.3. The number of hydrogen-bond acceptors (Lipinski definition) is 8. The van der Waals surface area contributed by atoms with E-state index in [-0.39, 0.29) is 18.1 Å². The van der Waals surface area contributed by atoms with Gasteiger partial charge in [-0.3, -0.25) is 24.4 Å². The number of anilines is 1. The van der Waals surface area contributed by atoms with E-state index in [1.54, 1.807) is 47.0 Å². The Morgan fingerprint density at radius 3 is 2.94 bits per heavy atom. The van der Waals surface area contributed by atoms with Crippen molar-refractivity contribution in [2.24, 2.45) is 0 Å². The van der Waals surface area contributed by atoms with E-state index in [1.807, 2.05) is 13.0 Å². The van der Waals surface area contributed by atoms with Crippen molar-refractivity contribution in [3.63, 3.8) is 0 Å². The smallest absolute Gasteiger partial charge is 0.290 e. The Labute approximate surface area is 203 Å². The van der Waals surface area contributed by atoms with Crippen molar-refractivity contribution in [2.75, 3.05) is 11.9 Å². The quantitative estimate of drug-likeness (QED) is 0.328. The number of aromatic amines is 1. The fourth-order valence-electron chi connectivity index (χ4n) is 3.59. The molecule has 0 bridgehead atoms. The zero-order chi connectivity index (χ0) is 24.8. The van der Waals surface area contributed by atoms with Gasteiger partial charge >= 0.3 is 0 Å². The number of rotatable bonds is 7. The van der Waals surface area contributed by atoms with Crippen molar-refractivity contribution in [1.82, 2.24) is 29.9 Å². The summed E-state index contributed by atoms with van der Waals surface area (Å²) in [7, 11) is 0. The van der Waals surface area contributed by atoms with E-state index in [0.717, 1.165) is 5.56 Å². The number of pyridine rings is 1. The molecule has 4 aromatic rings. The van der Waals surface area contributed by atoms with E-state index in [1.165, 1.54) is 11.3 Å². The number of nitrogens with one attached hydrogen (secondary N) is 2. The first-order chi connectivity index (χ1) is 17.0. The van der Waals surface area contributed by atoms with Gasteiger partial charge < -0.3 is 15.2 Å². The van der Waals surface area contributed by atoms with E-state index >= 15 is 0 Å². The average molecular weight is 500 g/mol. The Bertz CT molecular complexity index is 1260. The summed E-state index contributed by atoms with van der Waals surface area (Å²) >= 11 is 1.35. The summed E-state index contributed by atoms with van der Waals surface area (Å²) < 4.78 is 21.6. The normalized spacial score (nSPS) is 18.7. The van der Waals surface area contributed by atoms with Gasteiger partial charge in [0.2, 0.25) is 0 Å². The molecule has 1 aliphatic rings. The summed E-state index contributed by atoms with van der Waals surface area (Å²) in [6, 6.07) is 4.96. The molecule has 5 rings (SSSR count). The van der Waals surface area contributed by atoms with Crippen molar-refractivity contribution in [1.29, 1.82) is 0 Å². The second kappa shape index (κ2) is 11.0. The van der Waals surface area contributed by atoms with Gasteiger partial charge in [-0.2, -0.15) is 10.2 Å². The number of halogens is 1. The molecule has 0 aromatic carbocycles. The first-order valence-corrected chi connectivity index (χ1v) is 11.5. The fourth-order valence-corrected chi connectivity index (χ4v) is 4.37. The van der Waals surface area contributed by atoms with Crippen molar-refractivity contribution < 1.29 is 23.8 Å². The number of H-pyrrole nitrogens is 1. The zero-order valence-corrected chi connectivity index (χ0v) is 19.4. The summed E-state index contributed by atoms with van der Waals surface area (Å²) in [6.07, 6.45) is 5.57. The predicted molar refractivity (Wildman–Crippen MR) is 126 cm³/mol. The van der Waals surface area contributed by atoms with Gasteiger partial charge in [0, 0.05) is 42.6 Å². The molecule has 182 valence electrons. The van der Waals surface area contributed by atoms with Crippen LogP contribution >= 0.6 is 11.3 Å². The van der Waals surface area contributed by atoms with Gasteiger partial charge in [0.15, 0.2) is 0 Å². The van der Waals surface area contributed by atoms with Crippen LogP contribution in [0.5, 0.6) is 0 Å². The Kier molecular flexibility index (Phi) is 7.57. The monoisotopic (exact) mass is 499 g/mol. The number of amides is 1. The number of carbonyl (C=O) groups is 2. The molecule has 1 aliphatic carbocycles. The standard InChI is InChI=1S/C21H20FN7O2S.CH2O2/c1-2-31-17-7-16(18(17)22)29-10-14(19(28-29)13-5-3-4-6-23-13)26-20(30)15-11-32-21(27-15)12-8-24-25-9-12;2-1-3/h3-6,8-11,16-18H,2,7H2,1H3,(H,24,25)(H,26,30);1H,(H,2,3)/t16-,17+,18?;/m0./s1. The SMILES string of the molecule is CCO[C@@H]1C[C@H](n2cc(NC(=O)c3csc(-c4cn[nH]c4)n3)c(-c3ccccn3)n2)C1F.O=CO. The molecule has 0 aliphatic heterocycles. The minimum Gasteiger partial charge on any atom is -0.483 e. The molecule has 1 saturated carbocycles. The zero-order valence-electron chi connectivity index (χ0n) is 18.5. The highest BCUT2D eigenvalue weighted by Crippen LogP contribution is 2.39. The lowest BCUT2D eigenvalue weighted by molar-refractivity contribution is -0.122. The molecule has 3 atom stereocenters. The molecular formula is C22H22FN7O4S. The largest absolute Gasteiger partial charge is 0.483 e. The first kappa shape index (κ1) is 24.2. The Hall–Kier alpha value is -3.97. The van der Waals surface area contributed by atoms with E-state index in [2.05, 4.69) is 30.6 Å². The predicted octanol–water partition coefficient (Wildman–Crippen LogP) is 3.43. The summed E-state index contributed by atoms with van der Waals surface area (Å²) in [6.45, 7) is 2.06. The van der Waals surface area contributed by atoms with Crippen molar-refractivity contribution >= 4 is 29.4 Å². The number of carbonyl (C=O) groups excluding carboxylic acids is 1. The third-order valence-electron chi connectivity index (χ3n) is 5.29. The molecule has 13 heteroatoms. The van der Waals surface area contributed by atoms with Crippen LogP contribution in [0, 0.1) is 0 Å². The highest BCUT2D eigenvalue weighted by molar-refractivity contribution is 7.13. The van der Waals surface area contributed by atoms with Crippen LogP contribution in [0.25, 0.3) is 22.0 Å². The number of hydrogen-bond donors (Lipinski definition) is 3. The lowest BCUT2D eigenvalue weighted by Gasteiger charge is -2.38. The molecular weight excluding hydrogens is 477 g/mol. The van der Waals surface area contributed by atoms with Crippen molar-refractivity contribution in [3.05, 3.63) is 54.1 Å². The maximum Gasteiger partial charge on any atom is 0.290 e. The molecule has 0 saturated heterocycles. The maximum absolute atomic E-state index is 14.6. The number of alkyl halides is 1. The van der Waals surface area contributed by atoms with Crippen molar-refractivity contribution in [2.45, 2.75) is 31.7 Å². The van der Waals surface area contributed by atoms with Crippen LogP contribution in [0.1, 0.15) is 29.9 Å². The maximum atomic E-state index is 14.6. The lowest BCUT2D eigenvalue weighted by atomic mass is 9.87. The van der Waals surface area contributed by atoms with Gasteiger partial charge in [0.05, 0.1) is 29.7 Å². The topological polar surface area (TPSA) is 148 Å². The van der Waals surface area contributed by atoms with E-state index < -0.39 is 18.3 Å². The average Bonchev–Trinajstić information content (AvgIpc) is 3.63. The molecule has 0 radical (unpaired) electrons. The molecule has 1 unspecified atom stereocenters. The molecule has 4 aromatic heterocycles.